The molecule has 0 saturated heterocycles. The van der Waals surface area contributed by atoms with Gasteiger partial charge in [0.25, 0.3) is 5.56 Å². The molecule has 0 bridgehead atoms. The van der Waals surface area contributed by atoms with Crippen molar-refractivity contribution in [1.29, 1.82) is 0 Å². The van der Waals surface area contributed by atoms with Gasteiger partial charge in [0.2, 0.25) is 0 Å². The lowest BCUT2D eigenvalue weighted by Crippen LogP contribution is -2.10. The van der Waals surface area contributed by atoms with Crippen molar-refractivity contribution < 1.29 is 0 Å². The number of anilines is 2. The van der Waals surface area contributed by atoms with Gasteiger partial charge in [-0.05, 0) is 22.9 Å². The van der Waals surface area contributed by atoms with Gasteiger partial charge in [0.1, 0.15) is 4.47 Å². The second-order valence-corrected chi connectivity index (χ2v) is 3.93. The van der Waals surface area contributed by atoms with Crippen molar-refractivity contribution in [1.82, 2.24) is 20.0 Å². The third-order valence-corrected chi connectivity index (χ3v) is 2.82. The third-order valence-electron chi connectivity index (χ3n) is 2.03. The van der Waals surface area contributed by atoms with Crippen LogP contribution in [0.5, 0.6) is 0 Å². The van der Waals surface area contributed by atoms with Crippen molar-refractivity contribution in [3.05, 3.63) is 33.4 Å². The van der Waals surface area contributed by atoms with Crippen LogP contribution in [0.15, 0.2) is 27.9 Å². The molecule has 0 unspecified atom stereocenters. The summed E-state index contributed by atoms with van der Waals surface area (Å²) in [4.78, 5) is 11.3. The van der Waals surface area contributed by atoms with E-state index in [0.29, 0.717) is 10.2 Å². The van der Waals surface area contributed by atoms with Crippen LogP contribution in [0.25, 0.3) is 0 Å². The molecule has 0 radical (unpaired) electrons. The molecule has 16 heavy (non-hydrogen) atoms. The van der Waals surface area contributed by atoms with Crippen LogP contribution < -0.4 is 10.9 Å². The predicted molar refractivity (Wildman–Crippen MR) is 63.7 cm³/mol. The van der Waals surface area contributed by atoms with Crippen LogP contribution >= 0.6 is 15.9 Å². The van der Waals surface area contributed by atoms with E-state index in [-0.39, 0.29) is 5.56 Å². The Morgan fingerprint density at radius 1 is 1.56 bits per heavy atom. The molecule has 0 atom stereocenters. The summed E-state index contributed by atoms with van der Waals surface area (Å²) in [5.41, 5.74) is 1.15. The van der Waals surface area contributed by atoms with Gasteiger partial charge in [0, 0.05) is 12.7 Å². The molecule has 84 valence electrons. The number of H-pyrrole nitrogens is 1. The molecule has 2 N–H and O–H groups in total. The van der Waals surface area contributed by atoms with Crippen LogP contribution in [0.3, 0.4) is 0 Å². The van der Waals surface area contributed by atoms with Gasteiger partial charge in [-0.3, -0.25) is 9.48 Å². The first-order valence-electron chi connectivity index (χ1n) is 4.73. The molecular weight excluding hydrogens is 274 g/mol. The van der Waals surface area contributed by atoms with Gasteiger partial charge in [-0.1, -0.05) is 0 Å². The molecule has 2 heterocycles. The normalized spacial score (nSPS) is 10.4. The number of aryl methyl sites for hydroxylation is 1. The average molecular weight is 284 g/mol. The second-order valence-electron chi connectivity index (χ2n) is 3.14. The fraction of sp³-hybridized carbons (Fsp3) is 0.222. The molecule has 0 aliphatic carbocycles. The molecule has 0 fully saturated rings. The van der Waals surface area contributed by atoms with Gasteiger partial charge in [-0.25, -0.2) is 5.10 Å². The lowest BCUT2D eigenvalue weighted by Gasteiger charge is -2.03. The zero-order valence-corrected chi connectivity index (χ0v) is 10.2. The zero-order chi connectivity index (χ0) is 11.5. The van der Waals surface area contributed by atoms with E-state index < -0.39 is 0 Å². The van der Waals surface area contributed by atoms with Crippen LogP contribution in [0.1, 0.15) is 6.92 Å². The van der Waals surface area contributed by atoms with Gasteiger partial charge >= 0.3 is 0 Å². The molecule has 2 rings (SSSR count). The molecule has 0 aromatic carbocycles. The first-order valence-corrected chi connectivity index (χ1v) is 5.52. The van der Waals surface area contributed by atoms with Crippen molar-refractivity contribution in [2.75, 3.05) is 5.32 Å². The second kappa shape index (κ2) is 4.48. The maximum Gasteiger partial charge on any atom is 0.280 e. The SMILES string of the molecule is CCn1cc(Nc2cn[nH]c(=O)c2Br)cn1. The lowest BCUT2D eigenvalue weighted by atomic mass is 10.4. The first kappa shape index (κ1) is 10.9. The third kappa shape index (κ3) is 2.13. The maximum absolute atomic E-state index is 11.3. The van der Waals surface area contributed by atoms with Gasteiger partial charge in [0.05, 0.1) is 23.8 Å². The van der Waals surface area contributed by atoms with Gasteiger partial charge in [0.15, 0.2) is 0 Å². The molecule has 2 aromatic rings. The quantitative estimate of drug-likeness (QED) is 0.895. The lowest BCUT2D eigenvalue weighted by molar-refractivity contribution is 0.660. The van der Waals surface area contributed by atoms with Crippen molar-refractivity contribution in [3.63, 3.8) is 0 Å². The van der Waals surface area contributed by atoms with Gasteiger partial charge in [-0.15, -0.1) is 0 Å². The number of aromatic amines is 1. The smallest absolute Gasteiger partial charge is 0.280 e. The van der Waals surface area contributed by atoms with E-state index >= 15 is 0 Å². The highest BCUT2D eigenvalue weighted by Crippen LogP contribution is 2.20. The summed E-state index contributed by atoms with van der Waals surface area (Å²) < 4.78 is 2.21. The number of halogens is 1. The minimum Gasteiger partial charge on any atom is -0.351 e. The van der Waals surface area contributed by atoms with E-state index in [1.54, 1.807) is 10.9 Å². The number of nitrogens with one attached hydrogen (secondary N) is 2. The Bertz CT molecular complexity index is 547. The average Bonchev–Trinajstić information content (AvgIpc) is 2.73. The predicted octanol–water partition coefficient (Wildman–Crippen LogP) is 1.49. The van der Waals surface area contributed by atoms with Gasteiger partial charge < -0.3 is 5.32 Å². The molecule has 6 nitrogen and oxygen atoms in total. The summed E-state index contributed by atoms with van der Waals surface area (Å²) in [6, 6.07) is 0. The summed E-state index contributed by atoms with van der Waals surface area (Å²) in [5.74, 6) is 0. The summed E-state index contributed by atoms with van der Waals surface area (Å²) in [6.07, 6.45) is 5.08. The maximum atomic E-state index is 11.3. The highest BCUT2D eigenvalue weighted by atomic mass is 79.9. The van der Waals surface area contributed by atoms with E-state index in [4.69, 9.17) is 0 Å². The van der Waals surface area contributed by atoms with Crippen molar-refractivity contribution in [3.8, 4) is 0 Å². The first-order chi connectivity index (χ1) is 7.70. The summed E-state index contributed by atoms with van der Waals surface area (Å²) in [5, 5.41) is 13.2. The Hall–Kier alpha value is -1.63. The van der Waals surface area contributed by atoms with Crippen LogP contribution in [0.4, 0.5) is 11.4 Å². The van der Waals surface area contributed by atoms with E-state index in [0.717, 1.165) is 12.2 Å². The Kier molecular flexibility index (Phi) is 3.04. The molecule has 0 aliphatic rings. The Morgan fingerprint density at radius 2 is 2.38 bits per heavy atom. The monoisotopic (exact) mass is 283 g/mol. The highest BCUT2D eigenvalue weighted by Gasteiger charge is 2.05. The highest BCUT2D eigenvalue weighted by molar-refractivity contribution is 9.10. The van der Waals surface area contributed by atoms with Gasteiger partial charge in [-0.2, -0.15) is 10.2 Å². The summed E-state index contributed by atoms with van der Waals surface area (Å²) in [6.45, 7) is 2.80. The molecular formula is C9H10BrN5O. The Labute approximate surface area is 99.8 Å². The summed E-state index contributed by atoms with van der Waals surface area (Å²) in [7, 11) is 0. The van der Waals surface area contributed by atoms with E-state index in [2.05, 4.69) is 36.5 Å². The summed E-state index contributed by atoms with van der Waals surface area (Å²) >= 11 is 3.19. The fourth-order valence-electron chi connectivity index (χ4n) is 1.23. The minimum atomic E-state index is -0.270. The minimum absolute atomic E-state index is 0.270. The van der Waals surface area contributed by atoms with Crippen molar-refractivity contribution >= 4 is 27.3 Å². The van der Waals surface area contributed by atoms with Crippen LogP contribution in [-0.4, -0.2) is 20.0 Å². The zero-order valence-electron chi connectivity index (χ0n) is 8.57. The van der Waals surface area contributed by atoms with Crippen molar-refractivity contribution in [2.24, 2.45) is 0 Å². The number of rotatable bonds is 3. The number of nitrogens with zero attached hydrogens (tertiary/aromatic N) is 3. The largest absolute Gasteiger partial charge is 0.351 e. The fourth-order valence-corrected chi connectivity index (χ4v) is 1.52. The Balaban J connectivity index is 2.27. The molecule has 0 amide bonds. The number of hydrogen-bond acceptors (Lipinski definition) is 4. The van der Waals surface area contributed by atoms with Crippen LogP contribution in [-0.2, 0) is 6.54 Å². The topological polar surface area (TPSA) is 75.6 Å². The van der Waals surface area contributed by atoms with E-state index in [1.807, 2.05) is 13.1 Å². The van der Waals surface area contributed by atoms with Crippen molar-refractivity contribution in [2.45, 2.75) is 13.5 Å². The standard InChI is InChI=1S/C9H10BrN5O/c1-2-15-5-6(3-12-15)13-7-4-11-14-9(16)8(7)10/h3-5H,2H2,1H3,(H2,13,14,16). The van der Waals surface area contributed by atoms with E-state index in [9.17, 15) is 4.79 Å². The van der Waals surface area contributed by atoms with Crippen LogP contribution in [0, 0.1) is 0 Å². The van der Waals surface area contributed by atoms with E-state index in [1.165, 1.54) is 6.20 Å². The Morgan fingerprint density at radius 3 is 3.06 bits per heavy atom. The molecule has 2 aromatic heterocycles. The molecule has 0 aliphatic heterocycles. The number of aromatic nitrogens is 4. The number of hydrogen-bond donors (Lipinski definition) is 2. The molecule has 0 saturated carbocycles. The molecule has 0 spiro atoms. The molecule has 7 heteroatoms. The van der Waals surface area contributed by atoms with Crippen LogP contribution in [0.2, 0.25) is 0 Å².